The molecule has 3 heterocycles. The molecule has 8 nitrogen and oxygen atoms in total. The number of nitrogens with one attached hydrogen (secondary N) is 1. The van der Waals surface area contributed by atoms with Gasteiger partial charge >= 0.3 is 0 Å². The van der Waals surface area contributed by atoms with Crippen molar-refractivity contribution in [3.63, 3.8) is 0 Å². The van der Waals surface area contributed by atoms with Crippen LogP contribution in [0, 0.1) is 13.8 Å². The molecule has 1 N–H and O–H groups in total. The van der Waals surface area contributed by atoms with Crippen LogP contribution in [0.2, 0.25) is 0 Å². The Kier molecular flexibility index (Phi) is 6.43. The van der Waals surface area contributed by atoms with E-state index in [-0.39, 0.29) is 24.7 Å². The minimum atomic E-state index is -0.224. The minimum Gasteiger partial charge on any atom is -0.466 e. The van der Waals surface area contributed by atoms with Crippen LogP contribution in [0.1, 0.15) is 30.7 Å². The molecule has 1 aliphatic rings. The van der Waals surface area contributed by atoms with E-state index in [2.05, 4.69) is 34.1 Å². The van der Waals surface area contributed by atoms with Crippen LogP contribution < -0.4 is 10.1 Å². The van der Waals surface area contributed by atoms with Crippen molar-refractivity contribution in [3.05, 3.63) is 47.2 Å². The van der Waals surface area contributed by atoms with Crippen molar-refractivity contribution in [1.29, 1.82) is 0 Å². The molecule has 170 valence electrons. The second-order valence-electron chi connectivity index (χ2n) is 8.65. The zero-order valence-electron chi connectivity index (χ0n) is 19.4. The number of benzene rings is 1. The Bertz CT molecular complexity index is 1120. The summed E-state index contributed by atoms with van der Waals surface area (Å²) >= 11 is 0. The smallest absolute Gasteiger partial charge is 0.262 e. The number of amides is 1. The first-order valence-electron chi connectivity index (χ1n) is 11.0. The number of ether oxygens (including phenoxy) is 2. The van der Waals surface area contributed by atoms with Gasteiger partial charge in [0.1, 0.15) is 0 Å². The van der Waals surface area contributed by atoms with Crippen molar-refractivity contribution in [2.24, 2.45) is 7.05 Å². The van der Waals surface area contributed by atoms with Crippen LogP contribution in [0.5, 0.6) is 5.88 Å². The van der Waals surface area contributed by atoms with Crippen LogP contribution >= 0.6 is 0 Å². The summed E-state index contributed by atoms with van der Waals surface area (Å²) in [6, 6.07) is 9.87. The highest BCUT2D eigenvalue weighted by Crippen LogP contribution is 2.27. The van der Waals surface area contributed by atoms with E-state index in [4.69, 9.17) is 9.47 Å². The largest absolute Gasteiger partial charge is 0.466 e. The lowest BCUT2D eigenvalue weighted by Crippen LogP contribution is -2.44. The number of para-hydroxylation sites is 1. The fourth-order valence-corrected chi connectivity index (χ4v) is 4.40. The number of nitrogens with zero attached hydrogens (tertiary/aromatic N) is 4. The highest BCUT2D eigenvalue weighted by molar-refractivity contribution is 5.93. The topological polar surface area (TPSA) is 81.5 Å². The average Bonchev–Trinajstić information content (AvgIpc) is 3.03. The van der Waals surface area contributed by atoms with Crippen molar-refractivity contribution < 1.29 is 14.3 Å². The molecule has 1 fully saturated rings. The van der Waals surface area contributed by atoms with Gasteiger partial charge in [-0.1, -0.05) is 18.2 Å². The van der Waals surface area contributed by atoms with E-state index in [1.807, 2.05) is 51.2 Å². The maximum Gasteiger partial charge on any atom is 0.262 e. The Labute approximate surface area is 188 Å². The van der Waals surface area contributed by atoms with E-state index >= 15 is 0 Å². The van der Waals surface area contributed by atoms with E-state index in [9.17, 15) is 4.79 Å². The Morgan fingerprint density at radius 1 is 1.22 bits per heavy atom. The summed E-state index contributed by atoms with van der Waals surface area (Å²) < 4.78 is 13.3. The number of aryl methyl sites for hydroxylation is 3. The molecular formula is C24H31N5O3. The van der Waals surface area contributed by atoms with Gasteiger partial charge in [-0.15, -0.1) is 5.10 Å². The number of carbonyl (C=O) groups is 1. The SMILES string of the molecule is Cc1cc(C)c2c(OCC(=O)Nc3ccccc3CN3CC(C)OC(C)C3)nn(C)c2n1. The molecule has 3 aromatic rings. The van der Waals surface area contributed by atoms with Gasteiger partial charge in [-0.05, 0) is 51.0 Å². The summed E-state index contributed by atoms with van der Waals surface area (Å²) in [5.74, 6) is 0.199. The molecular weight excluding hydrogens is 406 g/mol. The second kappa shape index (κ2) is 9.26. The standard InChI is InChI=1S/C24H31N5O3/c1-15-10-16(2)25-23-22(15)24(27-28(23)5)31-14-21(30)26-20-9-7-6-8-19(20)13-29-11-17(3)32-18(4)12-29/h6-10,17-18H,11-14H2,1-5H3,(H,26,30). The zero-order valence-corrected chi connectivity index (χ0v) is 19.4. The second-order valence-corrected chi connectivity index (χ2v) is 8.65. The van der Waals surface area contributed by atoms with E-state index in [1.54, 1.807) is 4.68 Å². The molecule has 1 aromatic carbocycles. The Hall–Kier alpha value is -2.97. The van der Waals surface area contributed by atoms with Crippen molar-refractivity contribution in [1.82, 2.24) is 19.7 Å². The number of hydrogen-bond donors (Lipinski definition) is 1. The van der Waals surface area contributed by atoms with Crippen molar-refractivity contribution in [2.75, 3.05) is 25.0 Å². The third-order valence-corrected chi connectivity index (χ3v) is 5.61. The van der Waals surface area contributed by atoms with Crippen LogP contribution in [0.15, 0.2) is 30.3 Å². The maximum absolute atomic E-state index is 12.7. The van der Waals surface area contributed by atoms with Crippen LogP contribution in [-0.2, 0) is 23.1 Å². The van der Waals surface area contributed by atoms with E-state index in [0.717, 1.165) is 53.2 Å². The predicted octanol–water partition coefficient (Wildman–Crippen LogP) is 3.21. The number of fused-ring (bicyclic) bond motifs is 1. The first-order chi connectivity index (χ1) is 15.3. The molecule has 0 aliphatic carbocycles. The molecule has 1 saturated heterocycles. The summed E-state index contributed by atoms with van der Waals surface area (Å²) in [5.41, 5.74) is 4.56. The van der Waals surface area contributed by atoms with Gasteiger partial charge in [0.25, 0.3) is 5.91 Å². The molecule has 0 saturated carbocycles. The number of hydrogen-bond acceptors (Lipinski definition) is 6. The molecule has 2 aromatic heterocycles. The third kappa shape index (κ3) is 4.92. The van der Waals surface area contributed by atoms with Crippen LogP contribution in [0.3, 0.4) is 0 Å². The lowest BCUT2D eigenvalue weighted by molar-refractivity contribution is -0.118. The number of rotatable bonds is 6. The van der Waals surface area contributed by atoms with E-state index in [1.165, 1.54) is 0 Å². The van der Waals surface area contributed by atoms with Gasteiger partial charge in [0.2, 0.25) is 5.88 Å². The third-order valence-electron chi connectivity index (χ3n) is 5.61. The summed E-state index contributed by atoms with van der Waals surface area (Å²) in [5, 5.41) is 8.25. The summed E-state index contributed by atoms with van der Waals surface area (Å²) in [6.45, 7) is 10.5. The molecule has 0 spiro atoms. The first kappa shape index (κ1) is 22.2. The molecule has 8 heteroatoms. The van der Waals surface area contributed by atoms with Gasteiger partial charge in [-0.25, -0.2) is 9.67 Å². The quantitative estimate of drug-likeness (QED) is 0.638. The lowest BCUT2D eigenvalue weighted by atomic mass is 10.1. The highest BCUT2D eigenvalue weighted by Gasteiger charge is 2.23. The van der Waals surface area contributed by atoms with Gasteiger partial charge in [0.15, 0.2) is 12.3 Å². The highest BCUT2D eigenvalue weighted by atomic mass is 16.5. The number of pyridine rings is 1. The molecule has 4 rings (SSSR count). The molecule has 2 atom stereocenters. The van der Waals surface area contributed by atoms with Gasteiger partial charge in [0, 0.05) is 38.1 Å². The normalized spacial score (nSPS) is 19.3. The van der Waals surface area contributed by atoms with Crippen molar-refractivity contribution >= 4 is 22.6 Å². The Morgan fingerprint density at radius 3 is 2.69 bits per heavy atom. The van der Waals surface area contributed by atoms with E-state index in [0.29, 0.717) is 5.88 Å². The first-order valence-corrected chi connectivity index (χ1v) is 11.0. The zero-order chi connectivity index (χ0) is 22.8. The average molecular weight is 438 g/mol. The summed E-state index contributed by atoms with van der Waals surface area (Å²) in [6.07, 6.45) is 0.396. The molecule has 32 heavy (non-hydrogen) atoms. The number of anilines is 1. The Morgan fingerprint density at radius 2 is 1.94 bits per heavy atom. The fourth-order valence-electron chi connectivity index (χ4n) is 4.40. The summed E-state index contributed by atoms with van der Waals surface area (Å²) in [7, 11) is 1.82. The van der Waals surface area contributed by atoms with Crippen LogP contribution in [-0.4, -0.2) is 57.5 Å². The van der Waals surface area contributed by atoms with Gasteiger partial charge in [0.05, 0.1) is 17.6 Å². The van der Waals surface area contributed by atoms with Crippen LogP contribution in [0.25, 0.3) is 11.0 Å². The van der Waals surface area contributed by atoms with Gasteiger partial charge < -0.3 is 14.8 Å². The van der Waals surface area contributed by atoms with E-state index < -0.39 is 0 Å². The monoisotopic (exact) mass is 437 g/mol. The molecule has 2 unspecified atom stereocenters. The molecule has 1 amide bonds. The summed E-state index contributed by atoms with van der Waals surface area (Å²) in [4.78, 5) is 19.6. The van der Waals surface area contributed by atoms with Gasteiger partial charge in [-0.2, -0.15) is 0 Å². The molecule has 0 radical (unpaired) electrons. The minimum absolute atomic E-state index is 0.126. The van der Waals surface area contributed by atoms with Crippen molar-refractivity contribution in [3.8, 4) is 5.88 Å². The molecule has 0 bridgehead atoms. The van der Waals surface area contributed by atoms with Crippen LogP contribution in [0.4, 0.5) is 5.69 Å². The van der Waals surface area contributed by atoms with Gasteiger partial charge in [-0.3, -0.25) is 9.69 Å². The number of carbonyl (C=O) groups excluding carboxylic acids is 1. The lowest BCUT2D eigenvalue weighted by Gasteiger charge is -2.35. The fraction of sp³-hybridized carbons (Fsp3) is 0.458. The molecule has 1 aliphatic heterocycles. The van der Waals surface area contributed by atoms with Crippen molar-refractivity contribution in [2.45, 2.75) is 46.4 Å². The number of morpholine rings is 1. The Balaban J connectivity index is 1.43. The predicted molar refractivity (Wildman–Crippen MR) is 124 cm³/mol. The maximum atomic E-state index is 12.7. The number of aromatic nitrogens is 3.